The number of hydrogen-bond donors (Lipinski definition) is 1. The summed E-state index contributed by atoms with van der Waals surface area (Å²) in [5.41, 5.74) is 1.50. The molecule has 1 saturated heterocycles. The molecule has 1 amide bonds. The fraction of sp³-hybridized carbons (Fsp3) is 0.364. The van der Waals surface area contributed by atoms with Crippen molar-refractivity contribution in [2.45, 2.75) is 25.3 Å². The van der Waals surface area contributed by atoms with Gasteiger partial charge in [0.15, 0.2) is 0 Å². The van der Waals surface area contributed by atoms with Crippen LogP contribution in [-0.2, 0) is 7.05 Å². The van der Waals surface area contributed by atoms with Crippen molar-refractivity contribution < 1.29 is 13.6 Å². The summed E-state index contributed by atoms with van der Waals surface area (Å²) in [5, 5.41) is 7.85. The van der Waals surface area contributed by atoms with E-state index in [-0.39, 0.29) is 18.5 Å². The molecule has 1 aliphatic rings. The lowest BCUT2D eigenvalue weighted by molar-refractivity contribution is -0.0897. The van der Waals surface area contributed by atoms with Gasteiger partial charge in [-0.25, -0.2) is 18.7 Å². The molecule has 0 radical (unpaired) electrons. The lowest BCUT2D eigenvalue weighted by Crippen LogP contribution is -2.57. The Kier molecular flexibility index (Phi) is 6.10. The lowest BCUT2D eigenvalue weighted by atomic mass is 9.87. The second-order valence-corrected chi connectivity index (χ2v) is 8.51. The topological polar surface area (TPSA) is 75.9 Å². The summed E-state index contributed by atoms with van der Waals surface area (Å²) in [6.45, 7) is 1.29. The highest BCUT2D eigenvalue weighted by atomic mass is 35.5. The van der Waals surface area contributed by atoms with Crippen molar-refractivity contribution in [2.24, 2.45) is 13.0 Å². The number of anilines is 1. The molecule has 0 aliphatic carbocycles. The maximum absolute atomic E-state index is 14.5. The van der Waals surface area contributed by atoms with Crippen LogP contribution in [0.3, 0.4) is 0 Å². The third-order valence-electron chi connectivity index (χ3n) is 5.54. The summed E-state index contributed by atoms with van der Waals surface area (Å²) in [5.74, 6) is -3.58. The van der Waals surface area contributed by atoms with Gasteiger partial charge in [0.2, 0.25) is 5.95 Å². The highest BCUT2D eigenvalue weighted by molar-refractivity contribution is 6.30. The number of piperidine rings is 1. The van der Waals surface area contributed by atoms with E-state index < -0.39 is 30.3 Å². The monoisotopic (exact) mass is 460 g/mol. The van der Waals surface area contributed by atoms with Crippen LogP contribution >= 0.6 is 11.6 Å². The molecular formula is C22H23ClF2N6O. The first-order valence-electron chi connectivity index (χ1n) is 10.2. The van der Waals surface area contributed by atoms with E-state index >= 15 is 0 Å². The molecule has 1 fully saturated rings. The summed E-state index contributed by atoms with van der Waals surface area (Å²) in [7, 11) is 1.70. The van der Waals surface area contributed by atoms with E-state index in [4.69, 9.17) is 11.6 Å². The third kappa shape index (κ3) is 4.72. The molecule has 0 unspecified atom stereocenters. The number of likely N-dealkylation sites (tertiary alicyclic amines) is 1. The number of carbonyl (C=O) groups excluding carboxylic acids is 1. The Labute approximate surface area is 189 Å². The second kappa shape index (κ2) is 8.82. The maximum Gasteiger partial charge on any atom is 0.265 e. The van der Waals surface area contributed by atoms with Crippen molar-refractivity contribution in [2.75, 3.05) is 18.4 Å². The van der Waals surface area contributed by atoms with E-state index in [2.05, 4.69) is 20.4 Å². The molecule has 10 heteroatoms. The van der Waals surface area contributed by atoms with Gasteiger partial charge in [-0.05, 0) is 5.92 Å². The van der Waals surface area contributed by atoms with Gasteiger partial charge in [-0.3, -0.25) is 9.48 Å². The molecule has 0 bridgehead atoms. The average Bonchev–Trinajstić information content (AvgIpc) is 3.15. The lowest BCUT2D eigenvalue weighted by Gasteiger charge is -2.43. The van der Waals surface area contributed by atoms with Gasteiger partial charge in [-0.1, -0.05) is 48.9 Å². The van der Waals surface area contributed by atoms with Crippen molar-refractivity contribution >= 4 is 23.5 Å². The van der Waals surface area contributed by atoms with Crippen LogP contribution in [0, 0.1) is 5.92 Å². The molecule has 2 aromatic heterocycles. The van der Waals surface area contributed by atoms with Crippen molar-refractivity contribution in [1.82, 2.24) is 24.6 Å². The minimum Gasteiger partial charge on any atom is -0.352 e. The van der Waals surface area contributed by atoms with Crippen LogP contribution in [0.25, 0.3) is 11.3 Å². The zero-order valence-corrected chi connectivity index (χ0v) is 18.4. The Morgan fingerprint density at radius 3 is 2.62 bits per heavy atom. The molecule has 1 aliphatic heterocycles. The fourth-order valence-electron chi connectivity index (χ4n) is 4.09. The van der Waals surface area contributed by atoms with E-state index in [1.54, 1.807) is 20.2 Å². The zero-order valence-electron chi connectivity index (χ0n) is 17.7. The fourth-order valence-corrected chi connectivity index (χ4v) is 4.19. The van der Waals surface area contributed by atoms with E-state index in [1.807, 2.05) is 30.3 Å². The molecular weight excluding hydrogens is 438 g/mol. The highest BCUT2D eigenvalue weighted by Crippen LogP contribution is 2.36. The molecule has 3 aromatic rings. The number of nitrogens with one attached hydrogen (secondary N) is 1. The van der Waals surface area contributed by atoms with E-state index in [1.165, 1.54) is 22.0 Å². The summed E-state index contributed by atoms with van der Waals surface area (Å²) in [6, 6.07) is 8.74. The predicted octanol–water partition coefficient (Wildman–Crippen LogP) is 4.13. The number of amides is 1. The number of halogens is 3. The number of carbonyl (C=O) groups is 1. The van der Waals surface area contributed by atoms with Crippen molar-refractivity contribution in [3.05, 3.63) is 59.5 Å². The van der Waals surface area contributed by atoms with Gasteiger partial charge in [-0.15, -0.1) is 0 Å². The predicted molar refractivity (Wildman–Crippen MR) is 118 cm³/mol. The highest BCUT2D eigenvalue weighted by Gasteiger charge is 2.46. The Balaban J connectivity index is 1.64. The maximum atomic E-state index is 14.5. The van der Waals surface area contributed by atoms with Crippen molar-refractivity contribution in [1.29, 1.82) is 0 Å². The summed E-state index contributed by atoms with van der Waals surface area (Å²) in [6.07, 6.45) is 4.16. The average molecular weight is 461 g/mol. The molecule has 3 heterocycles. The van der Waals surface area contributed by atoms with Gasteiger partial charge in [0.05, 0.1) is 35.6 Å². The van der Waals surface area contributed by atoms with Gasteiger partial charge >= 0.3 is 0 Å². The number of rotatable bonds is 5. The van der Waals surface area contributed by atoms with Crippen LogP contribution in [0.15, 0.2) is 48.9 Å². The third-order valence-corrected chi connectivity index (χ3v) is 5.73. The van der Waals surface area contributed by atoms with Crippen LogP contribution in [0.5, 0.6) is 0 Å². The van der Waals surface area contributed by atoms with Crippen LogP contribution in [-0.4, -0.2) is 55.6 Å². The summed E-state index contributed by atoms with van der Waals surface area (Å²) >= 11 is 5.82. The first kappa shape index (κ1) is 22.1. The Morgan fingerprint density at radius 2 is 1.94 bits per heavy atom. The van der Waals surface area contributed by atoms with Crippen LogP contribution < -0.4 is 5.32 Å². The van der Waals surface area contributed by atoms with Gasteiger partial charge in [0.1, 0.15) is 5.69 Å². The quantitative estimate of drug-likeness (QED) is 0.619. The Hall–Kier alpha value is -3.07. The Bertz CT molecular complexity index is 1090. The van der Waals surface area contributed by atoms with Crippen molar-refractivity contribution in [3.8, 4) is 11.3 Å². The largest absolute Gasteiger partial charge is 0.352 e. The number of alkyl halides is 2. The number of hydrogen-bond acceptors (Lipinski definition) is 5. The molecule has 32 heavy (non-hydrogen) atoms. The first-order valence-corrected chi connectivity index (χ1v) is 10.6. The van der Waals surface area contributed by atoms with Crippen LogP contribution in [0.2, 0.25) is 5.02 Å². The first-order chi connectivity index (χ1) is 15.2. The molecule has 168 valence electrons. The molecule has 4 rings (SSSR count). The van der Waals surface area contributed by atoms with Gasteiger partial charge in [0, 0.05) is 31.8 Å². The SMILES string of the molecule is C[C@@H]1CC(F)(F)CN(C(=O)c2cn(C)nc2-c2ccccc2)[C@@H]1CNc1ncc(Cl)cn1. The van der Waals surface area contributed by atoms with Gasteiger partial charge < -0.3 is 10.2 Å². The zero-order chi connectivity index (χ0) is 22.9. The molecule has 0 spiro atoms. The summed E-state index contributed by atoms with van der Waals surface area (Å²) in [4.78, 5) is 23.0. The molecule has 1 aromatic carbocycles. The molecule has 1 N–H and O–H groups in total. The minimum absolute atomic E-state index is 0.228. The van der Waals surface area contributed by atoms with E-state index in [0.29, 0.717) is 16.7 Å². The van der Waals surface area contributed by atoms with E-state index in [0.717, 1.165) is 5.56 Å². The number of nitrogens with zero attached hydrogens (tertiary/aromatic N) is 5. The second-order valence-electron chi connectivity index (χ2n) is 8.07. The van der Waals surface area contributed by atoms with Crippen molar-refractivity contribution in [3.63, 3.8) is 0 Å². The van der Waals surface area contributed by atoms with Gasteiger partial charge in [0.25, 0.3) is 11.8 Å². The number of aryl methyl sites for hydroxylation is 1. The Morgan fingerprint density at radius 1 is 1.25 bits per heavy atom. The number of benzene rings is 1. The molecule has 0 saturated carbocycles. The normalized spacial score (nSPS) is 20.2. The van der Waals surface area contributed by atoms with E-state index in [9.17, 15) is 13.6 Å². The summed E-state index contributed by atoms with van der Waals surface area (Å²) < 4.78 is 30.6. The minimum atomic E-state index is -2.97. The molecule has 7 nitrogen and oxygen atoms in total. The van der Waals surface area contributed by atoms with Crippen LogP contribution in [0.1, 0.15) is 23.7 Å². The smallest absolute Gasteiger partial charge is 0.265 e. The van der Waals surface area contributed by atoms with Crippen LogP contribution in [0.4, 0.5) is 14.7 Å². The number of aromatic nitrogens is 4. The standard InChI is InChI=1S/C22H23ClF2N6O/c1-14-8-22(24,25)13-31(18(14)11-28-21-26-9-16(23)10-27-21)20(32)17-12-30(2)29-19(17)15-6-4-3-5-7-15/h3-7,9-10,12,14,18H,8,11,13H2,1-2H3,(H,26,27,28)/t14-,18-/m1/s1. The molecule has 2 atom stereocenters. The van der Waals surface area contributed by atoms with Gasteiger partial charge in [-0.2, -0.15) is 5.10 Å².